The van der Waals surface area contributed by atoms with Gasteiger partial charge in [0.2, 0.25) is 0 Å². The minimum absolute atomic E-state index is 0.0634. The summed E-state index contributed by atoms with van der Waals surface area (Å²) in [5.74, 6) is 0.0359. The topological polar surface area (TPSA) is 48.1 Å². The summed E-state index contributed by atoms with van der Waals surface area (Å²) in [6, 6.07) is 4.30. The summed E-state index contributed by atoms with van der Waals surface area (Å²) < 4.78 is 19.9. The molecule has 0 spiro atoms. The van der Waals surface area contributed by atoms with E-state index in [9.17, 15) is 4.39 Å². The lowest BCUT2D eigenvalue weighted by molar-refractivity contribution is 0.227. The highest BCUT2D eigenvalue weighted by atomic mass is 79.9. The SMILES string of the molecule is C[C@@H](Oc1cc(Br)cnc1N)c1c(Cl)ccc(F)c1Cl. The van der Waals surface area contributed by atoms with Crippen molar-refractivity contribution in [3.63, 3.8) is 0 Å². The van der Waals surface area contributed by atoms with E-state index in [1.807, 2.05) is 0 Å². The van der Waals surface area contributed by atoms with Gasteiger partial charge in [-0.3, -0.25) is 0 Å². The molecule has 0 aliphatic heterocycles. The van der Waals surface area contributed by atoms with Crippen molar-refractivity contribution in [1.29, 1.82) is 0 Å². The van der Waals surface area contributed by atoms with Crippen LogP contribution >= 0.6 is 39.1 Å². The Hall–Kier alpha value is -1.04. The van der Waals surface area contributed by atoms with Crippen molar-refractivity contribution in [2.75, 3.05) is 5.73 Å². The number of anilines is 1. The molecule has 0 aliphatic carbocycles. The van der Waals surface area contributed by atoms with Gasteiger partial charge in [-0.05, 0) is 41.1 Å². The first-order valence-electron chi connectivity index (χ1n) is 5.61. The highest BCUT2D eigenvalue weighted by Gasteiger charge is 2.19. The summed E-state index contributed by atoms with van der Waals surface area (Å²) in [5.41, 5.74) is 6.09. The van der Waals surface area contributed by atoms with E-state index in [4.69, 9.17) is 33.7 Å². The predicted molar refractivity (Wildman–Crippen MR) is 81.8 cm³/mol. The number of halogens is 4. The minimum atomic E-state index is -0.580. The summed E-state index contributed by atoms with van der Waals surface area (Å²) >= 11 is 15.3. The number of benzene rings is 1. The quantitative estimate of drug-likeness (QED) is 0.762. The maximum Gasteiger partial charge on any atom is 0.166 e. The van der Waals surface area contributed by atoms with E-state index >= 15 is 0 Å². The van der Waals surface area contributed by atoms with Gasteiger partial charge in [-0.1, -0.05) is 23.2 Å². The van der Waals surface area contributed by atoms with Gasteiger partial charge in [-0.25, -0.2) is 9.37 Å². The molecule has 1 aromatic carbocycles. The van der Waals surface area contributed by atoms with Gasteiger partial charge in [0.1, 0.15) is 11.9 Å². The fourth-order valence-corrected chi connectivity index (χ4v) is 2.68. The van der Waals surface area contributed by atoms with Gasteiger partial charge in [0.25, 0.3) is 0 Å². The smallest absolute Gasteiger partial charge is 0.166 e. The van der Waals surface area contributed by atoms with Gasteiger partial charge < -0.3 is 10.5 Å². The Morgan fingerprint density at radius 2 is 2.10 bits per heavy atom. The second-order valence-corrected chi connectivity index (χ2v) is 5.75. The Morgan fingerprint density at radius 3 is 2.80 bits per heavy atom. The van der Waals surface area contributed by atoms with Gasteiger partial charge in [-0.2, -0.15) is 0 Å². The summed E-state index contributed by atoms with van der Waals surface area (Å²) in [6.07, 6.45) is 0.971. The number of hydrogen-bond acceptors (Lipinski definition) is 3. The van der Waals surface area contributed by atoms with Gasteiger partial charge in [0.15, 0.2) is 11.6 Å². The molecular formula is C13H10BrCl2FN2O. The highest BCUT2D eigenvalue weighted by Crippen LogP contribution is 2.36. The van der Waals surface area contributed by atoms with Crippen molar-refractivity contribution >= 4 is 44.9 Å². The second-order valence-electron chi connectivity index (χ2n) is 4.05. The van der Waals surface area contributed by atoms with E-state index < -0.39 is 11.9 Å². The largest absolute Gasteiger partial charge is 0.482 e. The molecule has 1 heterocycles. The van der Waals surface area contributed by atoms with Crippen molar-refractivity contribution in [2.24, 2.45) is 0 Å². The average Bonchev–Trinajstić information content (AvgIpc) is 2.39. The normalized spacial score (nSPS) is 12.2. The molecular weight excluding hydrogens is 370 g/mol. The Bertz CT molecular complexity index is 655. The van der Waals surface area contributed by atoms with E-state index in [2.05, 4.69) is 20.9 Å². The van der Waals surface area contributed by atoms with Gasteiger partial charge in [0.05, 0.1) is 5.02 Å². The van der Waals surface area contributed by atoms with E-state index in [0.29, 0.717) is 20.8 Å². The van der Waals surface area contributed by atoms with Crippen LogP contribution in [0.2, 0.25) is 10.0 Å². The lowest BCUT2D eigenvalue weighted by Crippen LogP contribution is -2.08. The van der Waals surface area contributed by atoms with E-state index in [1.54, 1.807) is 19.2 Å². The molecule has 2 N–H and O–H groups in total. The van der Waals surface area contributed by atoms with E-state index in [1.165, 1.54) is 12.1 Å². The van der Waals surface area contributed by atoms with Crippen LogP contribution in [0.25, 0.3) is 0 Å². The number of nitrogens with zero attached hydrogens (tertiary/aromatic N) is 1. The fourth-order valence-electron chi connectivity index (χ4n) is 1.69. The number of hydrogen-bond donors (Lipinski definition) is 1. The lowest BCUT2D eigenvalue weighted by atomic mass is 10.1. The van der Waals surface area contributed by atoms with E-state index in [-0.39, 0.29) is 10.8 Å². The summed E-state index contributed by atoms with van der Waals surface area (Å²) in [4.78, 5) is 3.95. The Balaban J connectivity index is 2.35. The summed E-state index contributed by atoms with van der Waals surface area (Å²) in [5, 5.41) is 0.261. The van der Waals surface area contributed by atoms with Crippen LogP contribution in [0.3, 0.4) is 0 Å². The molecule has 0 aliphatic rings. The lowest BCUT2D eigenvalue weighted by Gasteiger charge is -2.18. The fraction of sp³-hybridized carbons (Fsp3) is 0.154. The molecule has 1 atom stereocenters. The summed E-state index contributed by atoms with van der Waals surface area (Å²) in [6.45, 7) is 1.70. The first-order valence-corrected chi connectivity index (χ1v) is 7.16. The summed E-state index contributed by atoms with van der Waals surface area (Å²) in [7, 11) is 0. The van der Waals surface area contributed by atoms with Crippen LogP contribution in [0.5, 0.6) is 5.75 Å². The third kappa shape index (κ3) is 3.16. The maximum atomic E-state index is 13.5. The number of pyridine rings is 1. The van der Waals surface area contributed by atoms with Crippen LogP contribution in [0, 0.1) is 5.82 Å². The molecule has 0 bridgehead atoms. The number of aromatic nitrogens is 1. The average molecular weight is 380 g/mol. The second kappa shape index (κ2) is 6.16. The molecule has 0 fully saturated rings. The van der Waals surface area contributed by atoms with Crippen LogP contribution < -0.4 is 10.5 Å². The zero-order valence-electron chi connectivity index (χ0n) is 10.3. The maximum absolute atomic E-state index is 13.5. The van der Waals surface area contributed by atoms with Crippen molar-refractivity contribution in [1.82, 2.24) is 4.98 Å². The zero-order chi connectivity index (χ0) is 14.9. The van der Waals surface area contributed by atoms with Crippen molar-refractivity contribution in [3.05, 3.63) is 50.3 Å². The number of nitrogen functional groups attached to an aromatic ring is 1. The molecule has 2 aromatic rings. The highest BCUT2D eigenvalue weighted by molar-refractivity contribution is 9.10. The molecule has 20 heavy (non-hydrogen) atoms. The van der Waals surface area contributed by atoms with Gasteiger partial charge in [-0.15, -0.1) is 0 Å². The Morgan fingerprint density at radius 1 is 1.40 bits per heavy atom. The van der Waals surface area contributed by atoms with Crippen LogP contribution in [-0.4, -0.2) is 4.98 Å². The monoisotopic (exact) mass is 378 g/mol. The number of ether oxygens (including phenoxy) is 1. The van der Waals surface area contributed by atoms with Crippen LogP contribution in [0.15, 0.2) is 28.9 Å². The van der Waals surface area contributed by atoms with Crippen LogP contribution in [0.1, 0.15) is 18.6 Å². The molecule has 0 unspecified atom stereocenters. The standard InChI is InChI=1S/C13H10BrCl2FN2O/c1-6(11-8(15)2-3-9(17)12(11)16)20-10-4-7(14)5-19-13(10)18/h2-6H,1H3,(H2,18,19)/t6-/m1/s1. The van der Waals surface area contributed by atoms with Gasteiger partial charge in [0, 0.05) is 21.3 Å². The molecule has 1 aromatic heterocycles. The molecule has 7 heteroatoms. The molecule has 0 saturated heterocycles. The molecule has 0 radical (unpaired) electrons. The molecule has 106 valence electrons. The zero-order valence-corrected chi connectivity index (χ0v) is 13.4. The van der Waals surface area contributed by atoms with Crippen LogP contribution in [0.4, 0.5) is 10.2 Å². The number of rotatable bonds is 3. The minimum Gasteiger partial charge on any atom is -0.482 e. The van der Waals surface area contributed by atoms with Crippen molar-refractivity contribution in [3.8, 4) is 5.75 Å². The van der Waals surface area contributed by atoms with Crippen molar-refractivity contribution < 1.29 is 9.13 Å². The molecule has 3 nitrogen and oxygen atoms in total. The third-order valence-corrected chi connectivity index (χ3v) is 3.79. The van der Waals surface area contributed by atoms with Crippen LogP contribution in [-0.2, 0) is 0 Å². The Kier molecular flexibility index (Phi) is 4.73. The molecule has 2 rings (SSSR count). The van der Waals surface area contributed by atoms with Gasteiger partial charge >= 0.3 is 0 Å². The first-order chi connectivity index (χ1) is 9.40. The molecule has 0 amide bonds. The van der Waals surface area contributed by atoms with E-state index in [0.717, 1.165) is 0 Å². The van der Waals surface area contributed by atoms with Crippen molar-refractivity contribution in [2.45, 2.75) is 13.0 Å². The number of nitrogens with two attached hydrogens (primary N) is 1. The predicted octanol–water partition coefficient (Wildman–Crippen LogP) is 5.01. The Labute approximate surface area is 134 Å². The first kappa shape index (κ1) is 15.4. The third-order valence-electron chi connectivity index (χ3n) is 2.64. The molecule has 0 saturated carbocycles.